The summed E-state index contributed by atoms with van der Waals surface area (Å²) in [6.45, 7) is -1.53. The molecule has 0 radical (unpaired) electrons. The van der Waals surface area contributed by atoms with Crippen LogP contribution >= 0.6 is 0 Å². The first-order chi connectivity index (χ1) is 8.62. The molecule has 6 heteroatoms. The summed E-state index contributed by atoms with van der Waals surface area (Å²) >= 11 is 0. The molecule has 1 aliphatic carbocycles. The van der Waals surface area contributed by atoms with E-state index in [2.05, 4.69) is 4.74 Å². The number of carbonyl (C=O) groups is 1. The van der Waals surface area contributed by atoms with Gasteiger partial charge in [0.1, 0.15) is 0 Å². The first kappa shape index (κ1) is 12.3. The van der Waals surface area contributed by atoms with E-state index in [1.54, 1.807) is 4.90 Å². The average molecular weight is 261 g/mol. The third-order valence-corrected chi connectivity index (χ3v) is 4.43. The quantitative estimate of drug-likeness (QED) is 0.770. The van der Waals surface area contributed by atoms with Gasteiger partial charge in [0, 0.05) is 19.7 Å². The highest BCUT2D eigenvalue weighted by Gasteiger charge is 2.55. The van der Waals surface area contributed by atoms with Crippen LogP contribution in [0.4, 0.5) is 8.78 Å². The molecular weight excluding hydrogens is 244 g/mol. The maximum Gasteiger partial charge on any atom is 0.345 e. The SMILES string of the molecule is O=C(N1CC(OC(F)F)C1)[C@]12CCC[C@H]1OCC2. The van der Waals surface area contributed by atoms with E-state index in [9.17, 15) is 13.6 Å². The van der Waals surface area contributed by atoms with Crippen molar-refractivity contribution in [3.05, 3.63) is 0 Å². The minimum absolute atomic E-state index is 0.0417. The average Bonchev–Trinajstić information content (AvgIpc) is 2.80. The van der Waals surface area contributed by atoms with Crippen molar-refractivity contribution in [1.82, 2.24) is 4.90 Å². The molecule has 0 aromatic heterocycles. The fraction of sp³-hybridized carbons (Fsp3) is 0.917. The van der Waals surface area contributed by atoms with Gasteiger partial charge < -0.3 is 14.4 Å². The standard InChI is InChI=1S/C12H17F2NO3/c13-11(14)18-8-6-15(7-8)10(16)12-3-1-2-9(12)17-5-4-12/h8-9,11H,1-7H2/t9-,12+/m1/s1. The summed E-state index contributed by atoms with van der Waals surface area (Å²) in [6, 6.07) is 0. The summed E-state index contributed by atoms with van der Waals surface area (Å²) in [7, 11) is 0. The van der Waals surface area contributed by atoms with E-state index in [4.69, 9.17) is 4.74 Å². The van der Waals surface area contributed by atoms with Crippen molar-refractivity contribution in [3.8, 4) is 0 Å². The Kier molecular flexibility index (Phi) is 3.02. The van der Waals surface area contributed by atoms with E-state index < -0.39 is 12.7 Å². The largest absolute Gasteiger partial charge is 0.377 e. The third kappa shape index (κ3) is 1.82. The molecule has 102 valence electrons. The Morgan fingerprint density at radius 2 is 2.17 bits per heavy atom. The van der Waals surface area contributed by atoms with Crippen LogP contribution in [-0.4, -0.2) is 49.3 Å². The van der Waals surface area contributed by atoms with E-state index in [1.807, 2.05) is 0 Å². The van der Waals surface area contributed by atoms with Gasteiger partial charge in [-0.05, 0) is 25.7 Å². The molecule has 2 heterocycles. The van der Waals surface area contributed by atoms with Crippen LogP contribution in [0, 0.1) is 5.41 Å². The zero-order valence-corrected chi connectivity index (χ0v) is 10.1. The van der Waals surface area contributed by atoms with Crippen molar-refractivity contribution < 1.29 is 23.0 Å². The summed E-state index contributed by atoms with van der Waals surface area (Å²) in [5.41, 5.74) is -0.365. The molecule has 0 N–H and O–H groups in total. The molecule has 18 heavy (non-hydrogen) atoms. The van der Waals surface area contributed by atoms with Gasteiger partial charge in [-0.3, -0.25) is 4.79 Å². The predicted octanol–water partition coefficient (Wildman–Crippen LogP) is 1.40. The normalized spacial score (nSPS) is 35.9. The number of ether oxygens (including phenoxy) is 2. The number of hydrogen-bond donors (Lipinski definition) is 0. The lowest BCUT2D eigenvalue weighted by atomic mass is 9.80. The van der Waals surface area contributed by atoms with Gasteiger partial charge in [-0.15, -0.1) is 0 Å². The number of hydrogen-bond acceptors (Lipinski definition) is 3. The summed E-state index contributed by atoms with van der Waals surface area (Å²) < 4.78 is 34.0. The van der Waals surface area contributed by atoms with E-state index in [0.717, 1.165) is 25.7 Å². The van der Waals surface area contributed by atoms with Crippen molar-refractivity contribution in [3.63, 3.8) is 0 Å². The molecule has 0 aromatic rings. The lowest BCUT2D eigenvalue weighted by Crippen LogP contribution is -2.59. The van der Waals surface area contributed by atoms with Gasteiger partial charge in [-0.1, -0.05) is 0 Å². The van der Waals surface area contributed by atoms with Gasteiger partial charge in [-0.2, -0.15) is 8.78 Å². The molecule has 0 spiro atoms. The minimum Gasteiger partial charge on any atom is -0.377 e. The number of halogens is 2. The second-order valence-electron chi connectivity index (χ2n) is 5.39. The second-order valence-corrected chi connectivity index (χ2v) is 5.39. The Labute approximate surface area is 104 Å². The van der Waals surface area contributed by atoms with Crippen LogP contribution in [0.5, 0.6) is 0 Å². The Morgan fingerprint density at radius 1 is 1.39 bits per heavy atom. The molecule has 3 aliphatic rings. The minimum atomic E-state index is -2.75. The van der Waals surface area contributed by atoms with Gasteiger partial charge in [0.2, 0.25) is 5.91 Å². The van der Waals surface area contributed by atoms with E-state index in [-0.39, 0.29) is 30.5 Å². The van der Waals surface area contributed by atoms with Gasteiger partial charge in [0.05, 0.1) is 17.6 Å². The third-order valence-electron chi connectivity index (χ3n) is 4.43. The first-order valence-corrected chi connectivity index (χ1v) is 6.46. The van der Waals surface area contributed by atoms with Crippen LogP contribution in [0.1, 0.15) is 25.7 Å². The van der Waals surface area contributed by atoms with E-state index >= 15 is 0 Å². The molecule has 2 aliphatic heterocycles. The topological polar surface area (TPSA) is 38.8 Å². The smallest absolute Gasteiger partial charge is 0.345 e. The van der Waals surface area contributed by atoms with Crippen LogP contribution in [0.3, 0.4) is 0 Å². The molecule has 1 amide bonds. The number of rotatable bonds is 3. The molecule has 3 fully saturated rings. The second kappa shape index (κ2) is 4.42. The maximum absolute atomic E-state index is 12.5. The van der Waals surface area contributed by atoms with Crippen LogP contribution in [0.15, 0.2) is 0 Å². The van der Waals surface area contributed by atoms with Crippen LogP contribution in [-0.2, 0) is 14.3 Å². The van der Waals surface area contributed by atoms with Crippen molar-refractivity contribution in [1.29, 1.82) is 0 Å². The van der Waals surface area contributed by atoms with Crippen LogP contribution in [0.25, 0.3) is 0 Å². The summed E-state index contributed by atoms with van der Waals surface area (Å²) in [4.78, 5) is 14.1. The zero-order chi connectivity index (χ0) is 12.8. The number of alkyl halides is 2. The maximum atomic E-state index is 12.5. The van der Waals surface area contributed by atoms with Crippen molar-refractivity contribution >= 4 is 5.91 Å². The number of nitrogens with zero attached hydrogens (tertiary/aromatic N) is 1. The lowest BCUT2D eigenvalue weighted by Gasteiger charge is -2.43. The fourth-order valence-corrected chi connectivity index (χ4v) is 3.45. The number of fused-ring (bicyclic) bond motifs is 1. The fourth-order valence-electron chi connectivity index (χ4n) is 3.45. The van der Waals surface area contributed by atoms with E-state index in [0.29, 0.717) is 6.61 Å². The van der Waals surface area contributed by atoms with Gasteiger partial charge in [0.25, 0.3) is 0 Å². The number of likely N-dealkylation sites (tertiary alicyclic amines) is 1. The number of carbonyl (C=O) groups excluding carboxylic acids is 1. The Hall–Kier alpha value is -0.750. The Bertz CT molecular complexity index is 334. The van der Waals surface area contributed by atoms with Crippen LogP contribution < -0.4 is 0 Å². The molecule has 2 atom stereocenters. The molecular formula is C12H17F2NO3. The predicted molar refractivity (Wildman–Crippen MR) is 58.1 cm³/mol. The number of amides is 1. The molecule has 2 saturated heterocycles. The summed E-state index contributed by atoms with van der Waals surface area (Å²) in [5.74, 6) is 0.0802. The molecule has 1 saturated carbocycles. The van der Waals surface area contributed by atoms with Crippen molar-refractivity contribution in [2.45, 2.75) is 44.5 Å². The van der Waals surface area contributed by atoms with Gasteiger partial charge >= 0.3 is 6.61 Å². The monoisotopic (exact) mass is 261 g/mol. The Balaban J connectivity index is 1.60. The van der Waals surface area contributed by atoms with Crippen molar-refractivity contribution in [2.75, 3.05) is 19.7 Å². The summed E-state index contributed by atoms with van der Waals surface area (Å²) in [5, 5.41) is 0. The highest BCUT2D eigenvalue weighted by molar-refractivity contribution is 5.85. The van der Waals surface area contributed by atoms with E-state index in [1.165, 1.54) is 0 Å². The highest BCUT2D eigenvalue weighted by Crippen LogP contribution is 2.49. The van der Waals surface area contributed by atoms with Crippen LogP contribution in [0.2, 0.25) is 0 Å². The molecule has 4 nitrogen and oxygen atoms in total. The van der Waals surface area contributed by atoms with Gasteiger partial charge in [0.15, 0.2) is 0 Å². The molecule has 0 unspecified atom stereocenters. The first-order valence-electron chi connectivity index (χ1n) is 6.46. The van der Waals surface area contributed by atoms with Gasteiger partial charge in [-0.25, -0.2) is 0 Å². The van der Waals surface area contributed by atoms with Crippen molar-refractivity contribution in [2.24, 2.45) is 5.41 Å². The summed E-state index contributed by atoms with van der Waals surface area (Å²) in [6.07, 6.45) is 3.13. The molecule has 0 aromatic carbocycles. The molecule has 0 bridgehead atoms. The Morgan fingerprint density at radius 3 is 2.89 bits per heavy atom. The highest BCUT2D eigenvalue weighted by atomic mass is 19.3. The lowest BCUT2D eigenvalue weighted by molar-refractivity contribution is -0.203. The molecule has 3 rings (SSSR count). The zero-order valence-electron chi connectivity index (χ0n) is 10.1.